The molecule has 0 bridgehead atoms. The Labute approximate surface area is 230 Å². The molecule has 0 aromatic heterocycles. The molecule has 0 saturated carbocycles. The number of hydrogen-bond donors (Lipinski definition) is 1. The van der Waals surface area contributed by atoms with E-state index in [4.69, 9.17) is 23.2 Å². The molecule has 1 N–H and O–H groups in total. The first-order valence-electron chi connectivity index (χ1n) is 11.5. The molecule has 0 fully saturated rings. The molecule has 0 heterocycles. The summed E-state index contributed by atoms with van der Waals surface area (Å²) in [4.78, 5) is 28.0. The molecule has 0 saturated heterocycles. The van der Waals surface area contributed by atoms with Gasteiger partial charge in [-0.15, -0.1) is 0 Å². The van der Waals surface area contributed by atoms with E-state index < -0.39 is 57.4 Å². The van der Waals surface area contributed by atoms with Gasteiger partial charge in [-0.2, -0.15) is 13.2 Å². The standard InChI is InChI=1S/C25H30Cl2F3N3O4S/c1-6-20(23(35)31-24(2,3)4)32(14-16-9-7-8-10-18(16)26)22(34)15-33(38(5,36)37)21-13-17(25(28,29)30)11-12-19(21)27/h7-13,20H,6,14-15H2,1-5H3,(H,31,35). The summed E-state index contributed by atoms with van der Waals surface area (Å²) in [5.74, 6) is -1.32. The number of benzene rings is 2. The Bertz CT molecular complexity index is 1280. The highest BCUT2D eigenvalue weighted by Crippen LogP contribution is 2.36. The number of carbonyl (C=O) groups is 2. The van der Waals surface area contributed by atoms with Crippen LogP contribution in [-0.4, -0.2) is 49.5 Å². The van der Waals surface area contributed by atoms with Gasteiger partial charge in [-0.05, 0) is 57.0 Å². The normalized spacial score (nSPS) is 13.1. The van der Waals surface area contributed by atoms with Crippen LogP contribution >= 0.6 is 23.2 Å². The van der Waals surface area contributed by atoms with Gasteiger partial charge in [-0.25, -0.2) is 8.42 Å². The number of anilines is 1. The van der Waals surface area contributed by atoms with Gasteiger partial charge in [0.2, 0.25) is 21.8 Å². The Balaban J connectivity index is 2.58. The smallest absolute Gasteiger partial charge is 0.350 e. The fraction of sp³-hybridized carbons (Fsp3) is 0.440. The molecule has 0 aliphatic heterocycles. The van der Waals surface area contributed by atoms with Crippen molar-refractivity contribution in [2.45, 2.75) is 58.4 Å². The first-order valence-corrected chi connectivity index (χ1v) is 14.1. The van der Waals surface area contributed by atoms with E-state index in [2.05, 4.69) is 5.32 Å². The molecule has 210 valence electrons. The molecule has 0 aliphatic rings. The van der Waals surface area contributed by atoms with Gasteiger partial charge in [-0.1, -0.05) is 48.3 Å². The molecule has 13 heteroatoms. The molecule has 2 aromatic carbocycles. The largest absolute Gasteiger partial charge is 0.416 e. The van der Waals surface area contributed by atoms with E-state index >= 15 is 0 Å². The van der Waals surface area contributed by atoms with Crippen LogP contribution in [0.2, 0.25) is 10.0 Å². The van der Waals surface area contributed by atoms with Crippen LogP contribution in [0.1, 0.15) is 45.2 Å². The van der Waals surface area contributed by atoms with E-state index in [1.54, 1.807) is 52.0 Å². The van der Waals surface area contributed by atoms with Crippen LogP contribution in [0.4, 0.5) is 18.9 Å². The number of amides is 2. The van der Waals surface area contributed by atoms with Gasteiger partial charge < -0.3 is 10.2 Å². The van der Waals surface area contributed by atoms with E-state index in [9.17, 15) is 31.2 Å². The van der Waals surface area contributed by atoms with Crippen LogP contribution in [0, 0.1) is 0 Å². The fourth-order valence-electron chi connectivity index (χ4n) is 3.66. The van der Waals surface area contributed by atoms with Gasteiger partial charge in [0.05, 0.1) is 22.5 Å². The van der Waals surface area contributed by atoms with Gasteiger partial charge in [0.1, 0.15) is 12.6 Å². The van der Waals surface area contributed by atoms with Crippen LogP contribution in [0.25, 0.3) is 0 Å². The molecule has 1 unspecified atom stereocenters. The lowest BCUT2D eigenvalue weighted by Gasteiger charge is -2.34. The van der Waals surface area contributed by atoms with Crippen LogP contribution < -0.4 is 9.62 Å². The third-order valence-electron chi connectivity index (χ3n) is 5.40. The number of nitrogens with zero attached hydrogens (tertiary/aromatic N) is 2. The van der Waals surface area contributed by atoms with E-state index in [-0.39, 0.29) is 18.0 Å². The third-order valence-corrected chi connectivity index (χ3v) is 7.22. The zero-order chi connectivity index (χ0) is 29.1. The maximum atomic E-state index is 13.7. The maximum absolute atomic E-state index is 13.7. The lowest BCUT2D eigenvalue weighted by atomic mass is 10.1. The summed E-state index contributed by atoms with van der Waals surface area (Å²) in [6, 6.07) is 7.77. The average molecular weight is 596 g/mol. The van der Waals surface area contributed by atoms with Crippen molar-refractivity contribution in [3.05, 3.63) is 63.6 Å². The second-order valence-electron chi connectivity index (χ2n) is 9.71. The van der Waals surface area contributed by atoms with E-state index in [1.165, 1.54) is 4.90 Å². The van der Waals surface area contributed by atoms with Crippen molar-refractivity contribution in [3.63, 3.8) is 0 Å². The minimum absolute atomic E-state index is 0.150. The highest BCUT2D eigenvalue weighted by Gasteiger charge is 2.36. The number of halogens is 5. The second kappa shape index (κ2) is 12.1. The summed E-state index contributed by atoms with van der Waals surface area (Å²) in [7, 11) is -4.29. The first kappa shape index (κ1) is 31.7. The Kier molecular flexibility index (Phi) is 10.1. The Hall–Kier alpha value is -2.50. The zero-order valence-electron chi connectivity index (χ0n) is 21.6. The van der Waals surface area contributed by atoms with Crippen LogP contribution in [0.3, 0.4) is 0 Å². The van der Waals surface area contributed by atoms with Crippen molar-refractivity contribution in [2.24, 2.45) is 0 Å². The molecule has 2 rings (SSSR count). The lowest BCUT2D eigenvalue weighted by Crippen LogP contribution is -2.55. The predicted molar refractivity (Wildman–Crippen MR) is 143 cm³/mol. The van der Waals surface area contributed by atoms with E-state index in [1.807, 2.05) is 0 Å². The number of rotatable bonds is 9. The second-order valence-corrected chi connectivity index (χ2v) is 12.4. The molecule has 7 nitrogen and oxygen atoms in total. The van der Waals surface area contributed by atoms with Gasteiger partial charge in [0.25, 0.3) is 0 Å². The highest BCUT2D eigenvalue weighted by molar-refractivity contribution is 7.92. The van der Waals surface area contributed by atoms with E-state index in [0.717, 1.165) is 12.3 Å². The summed E-state index contributed by atoms with van der Waals surface area (Å²) >= 11 is 12.4. The number of nitrogens with one attached hydrogen (secondary N) is 1. The summed E-state index contributed by atoms with van der Waals surface area (Å²) in [6.07, 6.45) is -3.86. The van der Waals surface area contributed by atoms with Crippen molar-refractivity contribution in [1.29, 1.82) is 0 Å². The molecular weight excluding hydrogens is 566 g/mol. The van der Waals surface area contributed by atoms with Crippen molar-refractivity contribution in [1.82, 2.24) is 10.2 Å². The fourth-order valence-corrected chi connectivity index (χ4v) is 4.98. The minimum atomic E-state index is -4.78. The summed E-state index contributed by atoms with van der Waals surface area (Å²) < 4.78 is 66.0. The average Bonchev–Trinajstić information content (AvgIpc) is 2.76. The summed E-state index contributed by atoms with van der Waals surface area (Å²) in [5.41, 5.74) is -1.79. The minimum Gasteiger partial charge on any atom is -0.350 e. The Morgan fingerprint density at radius 2 is 1.63 bits per heavy atom. The highest BCUT2D eigenvalue weighted by atomic mass is 35.5. The number of hydrogen-bond acceptors (Lipinski definition) is 4. The molecule has 38 heavy (non-hydrogen) atoms. The summed E-state index contributed by atoms with van der Waals surface area (Å²) in [5, 5.41) is 2.83. The lowest BCUT2D eigenvalue weighted by molar-refractivity contribution is -0.141. The number of sulfonamides is 1. The number of carbonyl (C=O) groups excluding carboxylic acids is 2. The van der Waals surface area contributed by atoms with Crippen molar-refractivity contribution < 1.29 is 31.2 Å². The molecule has 2 amide bonds. The molecule has 0 radical (unpaired) electrons. The third kappa shape index (κ3) is 8.51. The molecule has 0 spiro atoms. The number of alkyl halides is 3. The van der Waals surface area contributed by atoms with Crippen molar-refractivity contribution in [2.75, 3.05) is 17.1 Å². The predicted octanol–water partition coefficient (Wildman–Crippen LogP) is 5.50. The molecular formula is C25H30Cl2F3N3O4S. The molecule has 1 atom stereocenters. The van der Waals surface area contributed by atoms with Crippen LogP contribution in [0.15, 0.2) is 42.5 Å². The zero-order valence-corrected chi connectivity index (χ0v) is 23.9. The van der Waals surface area contributed by atoms with Gasteiger partial charge >= 0.3 is 6.18 Å². The monoisotopic (exact) mass is 595 g/mol. The van der Waals surface area contributed by atoms with Gasteiger partial charge in [-0.3, -0.25) is 13.9 Å². The summed E-state index contributed by atoms with van der Waals surface area (Å²) in [6.45, 7) is 5.92. The Morgan fingerprint density at radius 1 is 1.03 bits per heavy atom. The van der Waals surface area contributed by atoms with Crippen molar-refractivity contribution >= 4 is 50.7 Å². The van der Waals surface area contributed by atoms with Gasteiger partial charge in [0.15, 0.2) is 0 Å². The SMILES string of the molecule is CCC(C(=O)NC(C)(C)C)N(Cc1ccccc1Cl)C(=O)CN(c1cc(C(F)(F)F)ccc1Cl)S(C)(=O)=O. The quantitative estimate of drug-likeness (QED) is 0.414. The molecule has 0 aliphatic carbocycles. The van der Waals surface area contributed by atoms with E-state index in [0.29, 0.717) is 27.0 Å². The Morgan fingerprint density at radius 3 is 2.13 bits per heavy atom. The van der Waals surface area contributed by atoms with Crippen molar-refractivity contribution in [3.8, 4) is 0 Å². The van der Waals surface area contributed by atoms with Crippen LogP contribution in [0.5, 0.6) is 0 Å². The van der Waals surface area contributed by atoms with Gasteiger partial charge in [0, 0.05) is 17.1 Å². The topological polar surface area (TPSA) is 86.8 Å². The van der Waals surface area contributed by atoms with Crippen LogP contribution in [-0.2, 0) is 32.3 Å². The maximum Gasteiger partial charge on any atom is 0.416 e. The first-order chi connectivity index (χ1) is 17.3. The molecule has 2 aromatic rings.